The number of benzene rings is 2. The third kappa shape index (κ3) is 5.61. The van der Waals surface area contributed by atoms with Crippen LogP contribution in [0.4, 0.5) is 0 Å². The third-order valence-corrected chi connectivity index (χ3v) is 4.05. The fourth-order valence-electron chi connectivity index (χ4n) is 2.50. The Hall–Kier alpha value is -3.27. The van der Waals surface area contributed by atoms with Crippen molar-refractivity contribution in [3.63, 3.8) is 0 Å². The summed E-state index contributed by atoms with van der Waals surface area (Å²) in [6, 6.07) is 13.4. The number of hydrogen-bond donors (Lipinski definition) is 6. The van der Waals surface area contributed by atoms with Gasteiger partial charge in [0.05, 0.1) is 6.54 Å². The number of carbonyl (C=O) groups excluding carboxylic acids is 3. The SMILES string of the molecule is NCC(=O)NCc1cccc(-c2ccc(C(=O)N[C@@H](CN)C(=O)NO)cc2)c1. The van der Waals surface area contributed by atoms with E-state index in [1.807, 2.05) is 24.3 Å². The Balaban J connectivity index is 2.08. The first-order valence-corrected chi connectivity index (χ1v) is 8.59. The van der Waals surface area contributed by atoms with Crippen LogP contribution < -0.4 is 27.6 Å². The minimum absolute atomic E-state index is 0.0613. The van der Waals surface area contributed by atoms with Gasteiger partial charge in [-0.2, -0.15) is 0 Å². The fourth-order valence-corrected chi connectivity index (χ4v) is 2.50. The van der Waals surface area contributed by atoms with Crippen molar-refractivity contribution >= 4 is 17.7 Å². The number of amides is 3. The Kier molecular flexibility index (Phi) is 7.64. The van der Waals surface area contributed by atoms with Crippen molar-refractivity contribution < 1.29 is 19.6 Å². The van der Waals surface area contributed by atoms with Crippen molar-refractivity contribution in [3.05, 3.63) is 59.7 Å². The van der Waals surface area contributed by atoms with Crippen molar-refractivity contribution in [2.24, 2.45) is 11.5 Å². The molecule has 8 N–H and O–H groups in total. The zero-order valence-electron chi connectivity index (χ0n) is 15.1. The van der Waals surface area contributed by atoms with Crippen LogP contribution in [0.1, 0.15) is 15.9 Å². The molecule has 0 bridgehead atoms. The van der Waals surface area contributed by atoms with E-state index in [1.165, 1.54) is 5.48 Å². The third-order valence-electron chi connectivity index (χ3n) is 4.05. The first kappa shape index (κ1) is 21.0. The van der Waals surface area contributed by atoms with Crippen LogP contribution in [0.15, 0.2) is 48.5 Å². The van der Waals surface area contributed by atoms with Crippen molar-refractivity contribution in [1.82, 2.24) is 16.1 Å². The number of nitrogens with one attached hydrogen (secondary N) is 3. The van der Waals surface area contributed by atoms with Gasteiger partial charge in [-0.25, -0.2) is 5.48 Å². The molecule has 9 heteroatoms. The van der Waals surface area contributed by atoms with Gasteiger partial charge in [0.15, 0.2) is 0 Å². The Morgan fingerprint density at radius 2 is 1.71 bits per heavy atom. The van der Waals surface area contributed by atoms with Gasteiger partial charge in [0.25, 0.3) is 11.8 Å². The average Bonchev–Trinajstić information content (AvgIpc) is 2.75. The summed E-state index contributed by atoms with van der Waals surface area (Å²) < 4.78 is 0. The van der Waals surface area contributed by atoms with E-state index in [0.717, 1.165) is 16.7 Å². The number of carbonyl (C=O) groups is 3. The van der Waals surface area contributed by atoms with Gasteiger partial charge in [-0.05, 0) is 34.9 Å². The van der Waals surface area contributed by atoms with E-state index >= 15 is 0 Å². The summed E-state index contributed by atoms with van der Waals surface area (Å²) in [6.45, 7) is 0.162. The maximum absolute atomic E-state index is 12.2. The van der Waals surface area contributed by atoms with Crippen LogP contribution in [0.5, 0.6) is 0 Å². The first-order chi connectivity index (χ1) is 13.5. The van der Waals surface area contributed by atoms with Crippen molar-refractivity contribution in [3.8, 4) is 11.1 Å². The van der Waals surface area contributed by atoms with Crippen LogP contribution in [0.2, 0.25) is 0 Å². The standard InChI is InChI=1S/C19H23N5O4/c20-9-16(19(27)24-28)23-18(26)14-6-4-13(5-7-14)15-3-1-2-12(8-15)11-22-17(25)10-21/h1-8,16,28H,9-11,20-21H2,(H,22,25)(H,23,26)(H,24,27)/t16-/m0/s1. The molecule has 0 saturated heterocycles. The number of hydroxylamine groups is 1. The summed E-state index contributed by atoms with van der Waals surface area (Å²) in [5.74, 6) is -1.50. The Morgan fingerprint density at radius 3 is 2.32 bits per heavy atom. The predicted molar refractivity (Wildman–Crippen MR) is 103 cm³/mol. The molecule has 2 aromatic rings. The van der Waals surface area contributed by atoms with Crippen LogP contribution >= 0.6 is 0 Å². The molecular formula is C19H23N5O4. The largest absolute Gasteiger partial charge is 0.351 e. The van der Waals surface area contributed by atoms with Gasteiger partial charge < -0.3 is 22.1 Å². The highest BCUT2D eigenvalue weighted by Gasteiger charge is 2.19. The van der Waals surface area contributed by atoms with Crippen LogP contribution in [0, 0.1) is 0 Å². The van der Waals surface area contributed by atoms with E-state index in [-0.39, 0.29) is 19.0 Å². The van der Waals surface area contributed by atoms with Gasteiger partial charge >= 0.3 is 0 Å². The summed E-state index contributed by atoms with van der Waals surface area (Å²) in [6.07, 6.45) is 0. The lowest BCUT2D eigenvalue weighted by molar-refractivity contribution is -0.130. The van der Waals surface area contributed by atoms with Crippen molar-refractivity contribution in [2.75, 3.05) is 13.1 Å². The number of rotatable bonds is 8. The second kappa shape index (κ2) is 10.2. The van der Waals surface area contributed by atoms with E-state index in [4.69, 9.17) is 16.7 Å². The summed E-state index contributed by atoms with van der Waals surface area (Å²) in [7, 11) is 0. The molecule has 0 fully saturated rings. The van der Waals surface area contributed by atoms with Crippen LogP contribution in [0.25, 0.3) is 11.1 Å². The minimum atomic E-state index is -1.03. The second-order valence-electron chi connectivity index (χ2n) is 6.00. The average molecular weight is 385 g/mol. The minimum Gasteiger partial charge on any atom is -0.351 e. The summed E-state index contributed by atoms with van der Waals surface area (Å²) in [5, 5.41) is 13.8. The molecule has 0 aliphatic carbocycles. The smallest absolute Gasteiger partial charge is 0.267 e. The maximum atomic E-state index is 12.2. The Bertz CT molecular complexity index is 838. The highest BCUT2D eigenvalue weighted by molar-refractivity contribution is 5.97. The molecule has 0 unspecified atom stereocenters. The molecule has 0 spiro atoms. The molecule has 0 radical (unpaired) electrons. The molecule has 0 aliphatic rings. The van der Waals surface area contributed by atoms with E-state index in [9.17, 15) is 14.4 Å². The molecule has 0 aromatic heterocycles. The predicted octanol–water partition coefficient (Wildman–Crippen LogP) is -0.509. The Morgan fingerprint density at radius 1 is 1.00 bits per heavy atom. The molecule has 0 heterocycles. The van der Waals surface area contributed by atoms with Crippen molar-refractivity contribution in [2.45, 2.75) is 12.6 Å². The lowest BCUT2D eigenvalue weighted by Crippen LogP contribution is -2.50. The van der Waals surface area contributed by atoms with Gasteiger partial charge in [0, 0.05) is 18.7 Å². The normalized spacial score (nSPS) is 11.4. The number of nitrogens with two attached hydrogens (primary N) is 2. The summed E-state index contributed by atoms with van der Waals surface area (Å²) >= 11 is 0. The summed E-state index contributed by atoms with van der Waals surface area (Å²) in [4.78, 5) is 34.9. The lowest BCUT2D eigenvalue weighted by atomic mass is 10.0. The fraction of sp³-hybridized carbons (Fsp3) is 0.211. The lowest BCUT2D eigenvalue weighted by Gasteiger charge is -2.14. The molecule has 3 amide bonds. The van der Waals surface area contributed by atoms with E-state index in [2.05, 4.69) is 10.6 Å². The van der Waals surface area contributed by atoms with Crippen LogP contribution in [-0.4, -0.2) is 42.1 Å². The molecule has 1 atom stereocenters. The molecule has 2 aromatic carbocycles. The van der Waals surface area contributed by atoms with Gasteiger partial charge in [-0.1, -0.05) is 30.3 Å². The molecular weight excluding hydrogens is 362 g/mol. The van der Waals surface area contributed by atoms with Gasteiger partial charge in [-0.3, -0.25) is 19.6 Å². The molecule has 28 heavy (non-hydrogen) atoms. The van der Waals surface area contributed by atoms with Crippen LogP contribution in [0.3, 0.4) is 0 Å². The van der Waals surface area contributed by atoms with Gasteiger partial charge in [0.2, 0.25) is 5.91 Å². The quantitative estimate of drug-likeness (QED) is 0.265. The molecule has 9 nitrogen and oxygen atoms in total. The highest BCUT2D eigenvalue weighted by Crippen LogP contribution is 2.21. The molecule has 2 rings (SSSR count). The topological polar surface area (TPSA) is 160 Å². The zero-order valence-corrected chi connectivity index (χ0v) is 15.1. The van der Waals surface area contributed by atoms with Crippen LogP contribution in [-0.2, 0) is 16.1 Å². The van der Waals surface area contributed by atoms with E-state index < -0.39 is 17.9 Å². The van der Waals surface area contributed by atoms with Gasteiger partial charge in [-0.15, -0.1) is 0 Å². The van der Waals surface area contributed by atoms with Gasteiger partial charge in [0.1, 0.15) is 6.04 Å². The molecule has 0 aliphatic heterocycles. The second-order valence-corrected chi connectivity index (χ2v) is 6.00. The van der Waals surface area contributed by atoms with E-state index in [1.54, 1.807) is 24.3 Å². The molecule has 0 saturated carbocycles. The zero-order chi connectivity index (χ0) is 20.5. The molecule has 148 valence electrons. The highest BCUT2D eigenvalue weighted by atomic mass is 16.5. The summed E-state index contributed by atoms with van der Waals surface area (Å²) in [5.41, 5.74) is 15.2. The maximum Gasteiger partial charge on any atom is 0.267 e. The Labute approximate surface area is 162 Å². The van der Waals surface area contributed by atoms with E-state index in [0.29, 0.717) is 12.1 Å². The first-order valence-electron chi connectivity index (χ1n) is 8.59. The number of hydrogen-bond acceptors (Lipinski definition) is 6. The van der Waals surface area contributed by atoms with Crippen molar-refractivity contribution in [1.29, 1.82) is 0 Å². The monoisotopic (exact) mass is 385 g/mol.